The summed E-state index contributed by atoms with van der Waals surface area (Å²) in [7, 11) is 1.87. The number of fused-ring (bicyclic) bond motifs is 1. The van der Waals surface area contributed by atoms with Crippen LogP contribution < -0.4 is 15.5 Å². The molecule has 0 saturated carbocycles. The number of nitrogens with one attached hydrogen (secondary N) is 2. The maximum atomic E-state index is 12.6. The Morgan fingerprint density at radius 3 is 2.56 bits per heavy atom. The summed E-state index contributed by atoms with van der Waals surface area (Å²) in [5.41, 5.74) is 3.98. The van der Waals surface area contributed by atoms with Crippen molar-refractivity contribution >= 4 is 35.6 Å². The number of hydrogen-bond donors (Lipinski definition) is 2. The third-order valence-electron chi connectivity index (χ3n) is 4.61. The smallest absolute Gasteiger partial charge is 0.231 e. The monoisotopic (exact) mass is 387 g/mol. The van der Waals surface area contributed by atoms with Crippen LogP contribution in [0.5, 0.6) is 0 Å². The van der Waals surface area contributed by atoms with Crippen LogP contribution >= 0.6 is 12.4 Å². The van der Waals surface area contributed by atoms with Crippen LogP contribution in [0.2, 0.25) is 0 Å². The van der Waals surface area contributed by atoms with Crippen molar-refractivity contribution in [1.82, 2.24) is 5.32 Å². The molecule has 0 unspecified atom stereocenters. The molecule has 1 heterocycles. The Labute approximate surface area is 166 Å². The number of amides is 2. The molecule has 0 spiro atoms. The summed E-state index contributed by atoms with van der Waals surface area (Å²) >= 11 is 0. The third kappa shape index (κ3) is 5.55. The summed E-state index contributed by atoms with van der Waals surface area (Å²) in [6.07, 6.45) is 2.59. The SMILES string of the molecule is CNCCCC(=O)Nc1ccc(CC(=O)N2CCc3ccccc32)cc1.Cl. The van der Waals surface area contributed by atoms with Gasteiger partial charge >= 0.3 is 0 Å². The average molecular weight is 388 g/mol. The molecule has 144 valence electrons. The van der Waals surface area contributed by atoms with E-state index in [1.165, 1.54) is 5.56 Å². The van der Waals surface area contributed by atoms with Crippen molar-refractivity contribution in [1.29, 1.82) is 0 Å². The molecule has 0 bridgehead atoms. The summed E-state index contributed by atoms with van der Waals surface area (Å²) in [4.78, 5) is 26.3. The van der Waals surface area contributed by atoms with E-state index in [0.29, 0.717) is 12.8 Å². The Morgan fingerprint density at radius 2 is 1.81 bits per heavy atom. The van der Waals surface area contributed by atoms with Gasteiger partial charge < -0.3 is 15.5 Å². The standard InChI is InChI=1S/C21H25N3O2.ClH/c1-22-13-4-7-20(25)23-18-10-8-16(9-11-18)15-21(26)24-14-12-17-5-2-3-6-19(17)24;/h2-3,5-6,8-11,22H,4,7,12-15H2,1H3,(H,23,25);1H. The number of nitrogens with zero attached hydrogens (tertiary/aromatic N) is 1. The minimum absolute atomic E-state index is 0. The van der Waals surface area contributed by atoms with E-state index >= 15 is 0 Å². The van der Waals surface area contributed by atoms with E-state index in [0.717, 1.165) is 42.9 Å². The fourth-order valence-electron chi connectivity index (χ4n) is 3.22. The van der Waals surface area contributed by atoms with Gasteiger partial charge in [-0.2, -0.15) is 0 Å². The molecule has 2 aromatic rings. The highest BCUT2D eigenvalue weighted by atomic mass is 35.5. The minimum Gasteiger partial charge on any atom is -0.326 e. The number of rotatable bonds is 7. The predicted octanol–water partition coefficient (Wildman–Crippen LogP) is 3.18. The molecule has 0 saturated heterocycles. The third-order valence-corrected chi connectivity index (χ3v) is 4.61. The first kappa shape index (κ1) is 20.9. The Kier molecular flexibility index (Phi) is 7.82. The molecule has 6 heteroatoms. The zero-order chi connectivity index (χ0) is 18.4. The number of benzene rings is 2. The van der Waals surface area contributed by atoms with Crippen LogP contribution in [0.25, 0.3) is 0 Å². The molecule has 0 radical (unpaired) electrons. The zero-order valence-corrected chi connectivity index (χ0v) is 16.3. The quantitative estimate of drug-likeness (QED) is 0.717. The zero-order valence-electron chi connectivity index (χ0n) is 15.5. The molecule has 1 aliphatic rings. The summed E-state index contributed by atoms with van der Waals surface area (Å²) in [6, 6.07) is 15.6. The fourth-order valence-corrected chi connectivity index (χ4v) is 3.22. The van der Waals surface area contributed by atoms with E-state index in [1.807, 2.05) is 54.4 Å². The average Bonchev–Trinajstić information content (AvgIpc) is 3.08. The van der Waals surface area contributed by atoms with Crippen molar-refractivity contribution in [2.75, 3.05) is 30.4 Å². The number of carbonyl (C=O) groups excluding carboxylic acids is 2. The van der Waals surface area contributed by atoms with Gasteiger partial charge in [-0.05, 0) is 55.8 Å². The van der Waals surface area contributed by atoms with Crippen LogP contribution in [-0.2, 0) is 22.4 Å². The molecule has 2 N–H and O–H groups in total. The molecule has 0 fully saturated rings. The lowest BCUT2D eigenvalue weighted by Crippen LogP contribution is -2.30. The maximum absolute atomic E-state index is 12.6. The van der Waals surface area contributed by atoms with Crippen molar-refractivity contribution in [3.8, 4) is 0 Å². The molecule has 5 nitrogen and oxygen atoms in total. The van der Waals surface area contributed by atoms with Crippen LogP contribution in [0.3, 0.4) is 0 Å². The number of hydrogen-bond acceptors (Lipinski definition) is 3. The minimum atomic E-state index is 0. The summed E-state index contributed by atoms with van der Waals surface area (Å²) in [5, 5.41) is 5.91. The van der Waals surface area contributed by atoms with Gasteiger partial charge in [-0.25, -0.2) is 0 Å². The molecular formula is C21H26ClN3O2. The predicted molar refractivity (Wildman–Crippen MR) is 112 cm³/mol. The largest absolute Gasteiger partial charge is 0.326 e. The molecular weight excluding hydrogens is 362 g/mol. The number of carbonyl (C=O) groups is 2. The van der Waals surface area contributed by atoms with Crippen LogP contribution in [0.1, 0.15) is 24.0 Å². The van der Waals surface area contributed by atoms with Crippen molar-refractivity contribution in [3.05, 3.63) is 59.7 Å². The Hall–Kier alpha value is -2.37. The highest BCUT2D eigenvalue weighted by Crippen LogP contribution is 2.28. The van der Waals surface area contributed by atoms with Crippen molar-refractivity contribution in [2.45, 2.75) is 25.7 Å². The maximum Gasteiger partial charge on any atom is 0.231 e. The summed E-state index contributed by atoms with van der Waals surface area (Å²) in [5.74, 6) is 0.122. The lowest BCUT2D eigenvalue weighted by atomic mass is 10.1. The van der Waals surface area contributed by atoms with Gasteiger partial charge in [-0.1, -0.05) is 30.3 Å². The molecule has 27 heavy (non-hydrogen) atoms. The molecule has 1 aliphatic heterocycles. The van der Waals surface area contributed by atoms with Gasteiger partial charge in [-0.15, -0.1) is 12.4 Å². The first-order valence-electron chi connectivity index (χ1n) is 9.09. The van der Waals surface area contributed by atoms with Crippen LogP contribution in [0.4, 0.5) is 11.4 Å². The van der Waals surface area contributed by atoms with Crippen LogP contribution in [0.15, 0.2) is 48.5 Å². The van der Waals surface area contributed by atoms with Crippen LogP contribution in [-0.4, -0.2) is 32.0 Å². The highest BCUT2D eigenvalue weighted by molar-refractivity contribution is 5.97. The first-order valence-corrected chi connectivity index (χ1v) is 9.09. The highest BCUT2D eigenvalue weighted by Gasteiger charge is 2.23. The van der Waals surface area contributed by atoms with Gasteiger partial charge in [0.2, 0.25) is 11.8 Å². The molecule has 0 aliphatic carbocycles. The second kappa shape index (κ2) is 10.1. The lowest BCUT2D eigenvalue weighted by molar-refractivity contribution is -0.118. The Morgan fingerprint density at radius 1 is 1.07 bits per heavy atom. The molecule has 0 atom stereocenters. The molecule has 2 amide bonds. The fraction of sp³-hybridized carbons (Fsp3) is 0.333. The Bertz CT molecular complexity index is 777. The van der Waals surface area contributed by atoms with Gasteiger partial charge in [0.25, 0.3) is 0 Å². The van der Waals surface area contributed by atoms with Gasteiger partial charge in [0.05, 0.1) is 6.42 Å². The van der Waals surface area contributed by atoms with E-state index in [2.05, 4.69) is 16.7 Å². The van der Waals surface area contributed by atoms with E-state index in [1.54, 1.807) is 0 Å². The van der Waals surface area contributed by atoms with Gasteiger partial charge in [0, 0.05) is 24.3 Å². The molecule has 3 rings (SSSR count). The number of para-hydroxylation sites is 1. The second-order valence-electron chi connectivity index (χ2n) is 6.55. The summed E-state index contributed by atoms with van der Waals surface area (Å²) in [6.45, 7) is 1.58. The van der Waals surface area contributed by atoms with Crippen LogP contribution in [0, 0.1) is 0 Å². The van der Waals surface area contributed by atoms with Crippen molar-refractivity contribution in [2.24, 2.45) is 0 Å². The normalized spacial score (nSPS) is 12.3. The molecule has 2 aromatic carbocycles. The topological polar surface area (TPSA) is 61.4 Å². The van der Waals surface area contributed by atoms with E-state index in [-0.39, 0.29) is 24.2 Å². The number of halogens is 1. The van der Waals surface area contributed by atoms with Gasteiger partial charge in [0.15, 0.2) is 0 Å². The van der Waals surface area contributed by atoms with Crippen molar-refractivity contribution in [3.63, 3.8) is 0 Å². The van der Waals surface area contributed by atoms with Gasteiger partial charge in [-0.3, -0.25) is 9.59 Å². The summed E-state index contributed by atoms with van der Waals surface area (Å²) < 4.78 is 0. The lowest BCUT2D eigenvalue weighted by Gasteiger charge is -2.17. The van der Waals surface area contributed by atoms with Crippen molar-refractivity contribution < 1.29 is 9.59 Å². The number of anilines is 2. The second-order valence-corrected chi connectivity index (χ2v) is 6.55. The Balaban J connectivity index is 0.00000261. The first-order chi connectivity index (χ1) is 12.7. The van der Waals surface area contributed by atoms with Gasteiger partial charge in [0.1, 0.15) is 0 Å². The van der Waals surface area contributed by atoms with E-state index < -0.39 is 0 Å². The van der Waals surface area contributed by atoms with E-state index in [4.69, 9.17) is 0 Å². The van der Waals surface area contributed by atoms with E-state index in [9.17, 15) is 9.59 Å². The molecule has 0 aromatic heterocycles.